The van der Waals surface area contributed by atoms with E-state index in [0.717, 1.165) is 6.42 Å². The number of amides is 1. The standard InChI is InChI=1S/C13H26BNO3/c1-9(2)8-11(15-10(3)16)14-17-12(4,5)13(6,7)18-14/h9,11H,8H2,1-7H3,(H,15,16)/t11-/m0/s1. The summed E-state index contributed by atoms with van der Waals surface area (Å²) in [6, 6.07) is 0. The van der Waals surface area contributed by atoms with Crippen LogP contribution in [0.25, 0.3) is 0 Å². The SMILES string of the molecule is CC(=O)N[C@@H](CC(C)C)B1OC(C)(C)C(C)(C)O1. The Labute approximate surface area is 111 Å². The largest absolute Gasteiger partial charge is 0.481 e. The maximum atomic E-state index is 11.3. The Morgan fingerprint density at radius 3 is 1.94 bits per heavy atom. The van der Waals surface area contributed by atoms with Gasteiger partial charge in [-0.2, -0.15) is 0 Å². The van der Waals surface area contributed by atoms with Gasteiger partial charge in [-0.05, 0) is 40.0 Å². The second-order valence-electron chi connectivity index (χ2n) is 6.56. The van der Waals surface area contributed by atoms with Crippen LogP contribution >= 0.6 is 0 Å². The van der Waals surface area contributed by atoms with E-state index >= 15 is 0 Å². The summed E-state index contributed by atoms with van der Waals surface area (Å²) in [6.45, 7) is 13.9. The number of nitrogens with one attached hydrogen (secondary N) is 1. The summed E-state index contributed by atoms with van der Waals surface area (Å²) in [5.41, 5.74) is -0.712. The second-order valence-corrected chi connectivity index (χ2v) is 6.56. The Hall–Kier alpha value is -0.545. The molecule has 0 aromatic heterocycles. The lowest BCUT2D eigenvalue weighted by atomic mass is 9.74. The van der Waals surface area contributed by atoms with Gasteiger partial charge < -0.3 is 14.6 Å². The molecule has 1 rings (SSSR count). The van der Waals surface area contributed by atoms with Gasteiger partial charge >= 0.3 is 7.12 Å². The van der Waals surface area contributed by atoms with Crippen LogP contribution in [0.1, 0.15) is 54.9 Å². The van der Waals surface area contributed by atoms with Crippen LogP contribution in [0.5, 0.6) is 0 Å². The van der Waals surface area contributed by atoms with Crippen LogP contribution in [-0.2, 0) is 14.1 Å². The maximum Gasteiger partial charge on any atom is 0.481 e. The van der Waals surface area contributed by atoms with Crippen LogP contribution in [0.2, 0.25) is 0 Å². The highest BCUT2D eigenvalue weighted by atomic mass is 16.7. The minimum atomic E-state index is -0.374. The molecule has 0 saturated carbocycles. The molecule has 1 aliphatic heterocycles. The third-order valence-electron chi connectivity index (χ3n) is 3.71. The first-order chi connectivity index (χ1) is 8.05. The molecule has 5 heteroatoms. The molecule has 0 aromatic rings. The molecule has 1 heterocycles. The number of hydrogen-bond donors (Lipinski definition) is 1. The van der Waals surface area contributed by atoms with Gasteiger partial charge in [-0.15, -0.1) is 0 Å². The predicted molar refractivity (Wildman–Crippen MR) is 73.1 cm³/mol. The molecule has 0 bridgehead atoms. The van der Waals surface area contributed by atoms with Crippen molar-refractivity contribution < 1.29 is 14.1 Å². The summed E-state index contributed by atoms with van der Waals surface area (Å²) >= 11 is 0. The fraction of sp³-hybridized carbons (Fsp3) is 0.923. The number of rotatable bonds is 4. The van der Waals surface area contributed by atoms with Crippen molar-refractivity contribution in [3.63, 3.8) is 0 Å². The van der Waals surface area contributed by atoms with Crippen molar-refractivity contribution in [2.45, 2.75) is 72.0 Å². The highest BCUT2D eigenvalue weighted by Crippen LogP contribution is 2.38. The number of carbonyl (C=O) groups excluding carboxylic acids is 1. The Morgan fingerprint density at radius 2 is 1.61 bits per heavy atom. The minimum absolute atomic E-state index is 0.0460. The van der Waals surface area contributed by atoms with E-state index in [2.05, 4.69) is 19.2 Å². The van der Waals surface area contributed by atoms with E-state index < -0.39 is 0 Å². The van der Waals surface area contributed by atoms with Gasteiger partial charge in [0.15, 0.2) is 0 Å². The van der Waals surface area contributed by atoms with E-state index in [4.69, 9.17) is 9.31 Å². The molecular formula is C13H26BNO3. The van der Waals surface area contributed by atoms with E-state index in [1.54, 1.807) is 0 Å². The molecule has 1 saturated heterocycles. The van der Waals surface area contributed by atoms with Crippen molar-refractivity contribution in [1.82, 2.24) is 5.32 Å². The summed E-state index contributed by atoms with van der Waals surface area (Å²) in [5, 5.41) is 2.94. The van der Waals surface area contributed by atoms with E-state index in [1.165, 1.54) is 6.92 Å². The molecule has 0 radical (unpaired) electrons. The van der Waals surface area contributed by atoms with E-state index in [0.29, 0.717) is 5.92 Å². The summed E-state index contributed by atoms with van der Waals surface area (Å²) in [4.78, 5) is 11.3. The van der Waals surface area contributed by atoms with Crippen LogP contribution in [-0.4, -0.2) is 30.2 Å². The quantitative estimate of drug-likeness (QED) is 0.783. The molecule has 0 aliphatic carbocycles. The average molecular weight is 255 g/mol. The van der Waals surface area contributed by atoms with E-state index in [1.807, 2.05) is 27.7 Å². The van der Waals surface area contributed by atoms with Gasteiger partial charge in [0.25, 0.3) is 0 Å². The zero-order chi connectivity index (χ0) is 14.1. The summed E-state index contributed by atoms with van der Waals surface area (Å²) in [5.74, 6) is 0.333. The third-order valence-corrected chi connectivity index (χ3v) is 3.71. The van der Waals surface area contributed by atoms with Gasteiger partial charge in [-0.3, -0.25) is 4.79 Å². The molecule has 1 amide bonds. The highest BCUT2D eigenvalue weighted by molar-refractivity contribution is 6.48. The lowest BCUT2D eigenvalue weighted by Crippen LogP contribution is -2.48. The van der Waals surface area contributed by atoms with Gasteiger partial charge in [0.1, 0.15) is 0 Å². The predicted octanol–water partition coefficient (Wildman–Crippen LogP) is 2.17. The highest BCUT2D eigenvalue weighted by Gasteiger charge is 2.53. The van der Waals surface area contributed by atoms with Crippen LogP contribution in [0, 0.1) is 5.92 Å². The summed E-state index contributed by atoms with van der Waals surface area (Å²) < 4.78 is 12.0. The lowest BCUT2D eigenvalue weighted by molar-refractivity contribution is -0.119. The molecule has 1 fully saturated rings. The summed E-state index contributed by atoms with van der Waals surface area (Å²) in [7, 11) is -0.374. The van der Waals surface area contributed by atoms with Crippen LogP contribution in [0.4, 0.5) is 0 Å². The lowest BCUT2D eigenvalue weighted by Gasteiger charge is -2.32. The topological polar surface area (TPSA) is 47.6 Å². The molecule has 18 heavy (non-hydrogen) atoms. The Balaban J connectivity index is 2.79. The maximum absolute atomic E-state index is 11.3. The van der Waals surface area contributed by atoms with Crippen molar-refractivity contribution in [3.05, 3.63) is 0 Å². The van der Waals surface area contributed by atoms with Gasteiger partial charge in [-0.25, -0.2) is 0 Å². The average Bonchev–Trinajstić information content (AvgIpc) is 2.33. The molecule has 0 spiro atoms. The third kappa shape index (κ3) is 3.48. The molecule has 1 atom stereocenters. The second kappa shape index (κ2) is 5.21. The smallest absolute Gasteiger partial charge is 0.402 e. The molecule has 4 nitrogen and oxygen atoms in total. The van der Waals surface area contributed by atoms with Crippen molar-refractivity contribution in [2.75, 3.05) is 0 Å². The fourth-order valence-corrected chi connectivity index (χ4v) is 2.06. The Bertz CT molecular complexity index is 299. The van der Waals surface area contributed by atoms with Gasteiger partial charge in [0.2, 0.25) is 5.91 Å². The first kappa shape index (κ1) is 15.5. The van der Waals surface area contributed by atoms with Crippen LogP contribution in [0.3, 0.4) is 0 Å². The normalized spacial score (nSPS) is 23.2. The van der Waals surface area contributed by atoms with Gasteiger partial charge in [-0.1, -0.05) is 13.8 Å². The number of carbonyl (C=O) groups is 1. The molecule has 1 aliphatic rings. The fourth-order valence-electron chi connectivity index (χ4n) is 2.06. The minimum Gasteiger partial charge on any atom is -0.402 e. The van der Waals surface area contributed by atoms with Crippen molar-refractivity contribution in [2.24, 2.45) is 5.92 Å². The zero-order valence-corrected chi connectivity index (χ0v) is 12.7. The zero-order valence-electron chi connectivity index (χ0n) is 12.7. The Morgan fingerprint density at radius 1 is 1.17 bits per heavy atom. The molecule has 1 N–H and O–H groups in total. The molecule has 104 valence electrons. The van der Waals surface area contributed by atoms with Crippen LogP contribution in [0.15, 0.2) is 0 Å². The molecule has 0 unspecified atom stereocenters. The molecular weight excluding hydrogens is 229 g/mol. The van der Waals surface area contributed by atoms with Crippen molar-refractivity contribution >= 4 is 13.0 Å². The summed E-state index contributed by atoms with van der Waals surface area (Å²) in [6.07, 6.45) is 0.844. The molecule has 0 aromatic carbocycles. The monoisotopic (exact) mass is 255 g/mol. The van der Waals surface area contributed by atoms with Gasteiger partial charge in [0.05, 0.1) is 17.1 Å². The van der Waals surface area contributed by atoms with Crippen molar-refractivity contribution in [1.29, 1.82) is 0 Å². The van der Waals surface area contributed by atoms with Crippen molar-refractivity contribution in [3.8, 4) is 0 Å². The van der Waals surface area contributed by atoms with Crippen LogP contribution < -0.4 is 5.32 Å². The van der Waals surface area contributed by atoms with E-state index in [9.17, 15) is 4.79 Å². The first-order valence-electron chi connectivity index (χ1n) is 6.68. The van der Waals surface area contributed by atoms with E-state index in [-0.39, 0.29) is 30.2 Å². The first-order valence-corrected chi connectivity index (χ1v) is 6.68. The Kier molecular flexibility index (Phi) is 4.49. The number of hydrogen-bond acceptors (Lipinski definition) is 3. The van der Waals surface area contributed by atoms with Gasteiger partial charge in [0, 0.05) is 6.92 Å².